The molecule has 0 aliphatic rings. The van der Waals surface area contributed by atoms with Crippen LogP contribution in [0.3, 0.4) is 0 Å². The normalized spacial score (nSPS) is 11.9. The molecule has 12 aromatic rings. The van der Waals surface area contributed by atoms with Crippen LogP contribution in [-0.2, 0) is 0 Å². The monoisotopic (exact) mass is 779 g/mol. The van der Waals surface area contributed by atoms with Gasteiger partial charge in [-0.1, -0.05) is 158 Å². The third-order valence-electron chi connectivity index (χ3n) is 11.0. The van der Waals surface area contributed by atoms with Gasteiger partial charge in [-0.05, 0) is 29.3 Å². The number of nitrogens with zero attached hydrogens (tertiary/aromatic N) is 3. The summed E-state index contributed by atoms with van der Waals surface area (Å²) in [5, 5.41) is 7.64. The van der Waals surface area contributed by atoms with Crippen molar-refractivity contribution in [2.24, 2.45) is 0 Å². The molecule has 3 nitrogen and oxygen atoms in total. The van der Waals surface area contributed by atoms with Gasteiger partial charge in [-0.25, -0.2) is 15.0 Å². The lowest BCUT2D eigenvalue weighted by molar-refractivity contribution is 1.08. The van der Waals surface area contributed by atoms with Gasteiger partial charge in [0.05, 0.1) is 0 Å². The summed E-state index contributed by atoms with van der Waals surface area (Å²) in [6, 6.07) is 62.9. The minimum absolute atomic E-state index is 0.663. The molecule has 0 spiro atoms. The van der Waals surface area contributed by atoms with Crippen LogP contribution in [0, 0.1) is 0 Å². The Morgan fingerprint density at radius 1 is 0.281 bits per heavy atom. The number of fused-ring (bicyclic) bond motifs is 9. The minimum atomic E-state index is 0.663. The van der Waals surface area contributed by atoms with Crippen LogP contribution in [-0.4, -0.2) is 15.0 Å². The second-order valence-corrected chi connectivity index (χ2v) is 17.4. The van der Waals surface area contributed by atoms with Crippen molar-refractivity contribution in [3.63, 3.8) is 0 Å². The van der Waals surface area contributed by atoms with Crippen LogP contribution in [0.2, 0.25) is 0 Å². The van der Waals surface area contributed by atoms with Gasteiger partial charge < -0.3 is 0 Å². The average molecular weight is 780 g/mol. The van der Waals surface area contributed by atoms with Crippen LogP contribution < -0.4 is 0 Å². The maximum atomic E-state index is 5.13. The fraction of sp³-hybridized carbons (Fsp3) is 0. The first-order valence-corrected chi connectivity index (χ1v) is 21.4. The Hall–Kier alpha value is -6.57. The van der Waals surface area contributed by atoms with E-state index in [2.05, 4.69) is 140 Å². The summed E-state index contributed by atoms with van der Waals surface area (Å²) in [5.74, 6) is 2.00. The summed E-state index contributed by atoms with van der Waals surface area (Å²) in [5.41, 5.74) is 7.98. The Morgan fingerprint density at radius 3 is 1.51 bits per heavy atom. The van der Waals surface area contributed by atoms with Crippen molar-refractivity contribution in [2.75, 3.05) is 0 Å². The Morgan fingerprint density at radius 2 is 0.789 bits per heavy atom. The second-order valence-electron chi connectivity index (χ2n) is 14.3. The first-order valence-electron chi connectivity index (χ1n) is 18.9. The minimum Gasteiger partial charge on any atom is -0.208 e. The lowest BCUT2D eigenvalue weighted by Crippen LogP contribution is -2.00. The standard InChI is InChI=1S/C51H29N3S3/c1-3-13-30(14-4-1)49-52-50(31-15-5-2-6-16-31)54-51(53-49)41-24-12-26-43-45(41)40-23-11-22-39(48(40)56-43)38-21-10-20-37-36-19-9-18-33(46(36)57-47(37)38)32-27-28-35-34-17-7-8-25-42(34)55-44(35)29-32/h1-29H. The Balaban J connectivity index is 1.04. The van der Waals surface area contributed by atoms with E-state index in [1.807, 2.05) is 70.4 Å². The fourth-order valence-corrected chi connectivity index (χ4v) is 12.1. The number of hydrogen-bond acceptors (Lipinski definition) is 6. The maximum Gasteiger partial charge on any atom is 0.164 e. The van der Waals surface area contributed by atoms with Crippen molar-refractivity contribution in [1.82, 2.24) is 15.0 Å². The van der Waals surface area contributed by atoms with Gasteiger partial charge in [0.2, 0.25) is 0 Å². The molecular weight excluding hydrogens is 751 g/mol. The molecule has 6 heteroatoms. The van der Waals surface area contributed by atoms with E-state index in [1.165, 1.54) is 82.8 Å². The predicted molar refractivity (Wildman–Crippen MR) is 246 cm³/mol. The van der Waals surface area contributed by atoms with Gasteiger partial charge in [-0.2, -0.15) is 0 Å². The molecule has 0 fully saturated rings. The van der Waals surface area contributed by atoms with Crippen LogP contribution in [0.25, 0.3) is 117 Å². The average Bonchev–Trinajstić information content (AvgIpc) is 3.98. The summed E-state index contributed by atoms with van der Waals surface area (Å²) in [6.45, 7) is 0. The molecule has 0 radical (unpaired) electrons. The molecule has 0 aliphatic heterocycles. The lowest BCUT2D eigenvalue weighted by Gasteiger charge is -2.10. The summed E-state index contributed by atoms with van der Waals surface area (Å²) < 4.78 is 7.77. The quantitative estimate of drug-likeness (QED) is 0.175. The molecule has 12 rings (SSSR count). The van der Waals surface area contributed by atoms with Crippen molar-refractivity contribution in [1.29, 1.82) is 0 Å². The topological polar surface area (TPSA) is 38.7 Å². The Labute approximate surface area is 339 Å². The van der Waals surface area contributed by atoms with E-state index in [0.29, 0.717) is 17.5 Å². The number of thiophene rings is 3. The molecule has 0 saturated heterocycles. The predicted octanol–water partition coefficient (Wildman–Crippen LogP) is 15.3. The molecule has 0 bridgehead atoms. The van der Waals surface area contributed by atoms with Crippen molar-refractivity contribution in [3.8, 4) is 56.4 Å². The molecule has 57 heavy (non-hydrogen) atoms. The van der Waals surface area contributed by atoms with Gasteiger partial charge in [0, 0.05) is 88.3 Å². The number of benzene rings is 8. The first kappa shape index (κ1) is 32.7. The van der Waals surface area contributed by atoms with Gasteiger partial charge in [0.15, 0.2) is 17.5 Å². The van der Waals surface area contributed by atoms with Crippen LogP contribution in [0.4, 0.5) is 0 Å². The number of rotatable bonds is 5. The highest BCUT2D eigenvalue weighted by Gasteiger charge is 2.20. The summed E-state index contributed by atoms with van der Waals surface area (Å²) in [7, 11) is 0. The van der Waals surface area contributed by atoms with Gasteiger partial charge in [-0.3, -0.25) is 0 Å². The van der Waals surface area contributed by atoms with E-state index in [0.717, 1.165) is 16.7 Å². The van der Waals surface area contributed by atoms with Crippen LogP contribution in [0.15, 0.2) is 176 Å². The highest BCUT2D eigenvalue weighted by molar-refractivity contribution is 7.28. The molecule has 4 heterocycles. The fourth-order valence-electron chi connectivity index (χ4n) is 8.33. The van der Waals surface area contributed by atoms with Crippen molar-refractivity contribution >= 4 is 94.5 Å². The Kier molecular flexibility index (Phi) is 7.45. The van der Waals surface area contributed by atoms with Crippen molar-refractivity contribution in [3.05, 3.63) is 176 Å². The Bertz CT molecular complexity index is 3470. The smallest absolute Gasteiger partial charge is 0.164 e. The zero-order valence-corrected chi connectivity index (χ0v) is 32.8. The molecule has 0 N–H and O–H groups in total. The van der Waals surface area contributed by atoms with Crippen LogP contribution in [0.1, 0.15) is 0 Å². The van der Waals surface area contributed by atoms with Gasteiger partial charge in [0.25, 0.3) is 0 Å². The number of aromatic nitrogens is 3. The van der Waals surface area contributed by atoms with Gasteiger partial charge in [0.1, 0.15) is 0 Å². The van der Waals surface area contributed by atoms with E-state index < -0.39 is 0 Å². The first-order chi connectivity index (χ1) is 28.2. The van der Waals surface area contributed by atoms with Crippen molar-refractivity contribution < 1.29 is 0 Å². The molecule has 8 aromatic carbocycles. The van der Waals surface area contributed by atoms with Crippen LogP contribution >= 0.6 is 34.0 Å². The molecule has 0 atom stereocenters. The molecule has 4 aromatic heterocycles. The largest absolute Gasteiger partial charge is 0.208 e. The SMILES string of the molecule is c1ccc(-c2nc(-c3ccccc3)nc(-c3cccc4sc5c(-c6cccc7c6sc6c(-c8ccc9c(c8)sc8ccccc89)cccc67)cccc5c34)n2)cc1. The number of hydrogen-bond donors (Lipinski definition) is 0. The van der Waals surface area contributed by atoms with Crippen LogP contribution in [0.5, 0.6) is 0 Å². The van der Waals surface area contributed by atoms with E-state index in [4.69, 9.17) is 15.0 Å². The van der Waals surface area contributed by atoms with Crippen molar-refractivity contribution in [2.45, 2.75) is 0 Å². The molecule has 266 valence electrons. The summed E-state index contributed by atoms with van der Waals surface area (Å²) in [4.78, 5) is 15.2. The molecule has 0 amide bonds. The summed E-state index contributed by atoms with van der Waals surface area (Å²) in [6.07, 6.45) is 0. The zero-order valence-electron chi connectivity index (χ0n) is 30.3. The lowest BCUT2D eigenvalue weighted by atomic mass is 9.98. The highest BCUT2D eigenvalue weighted by Crippen LogP contribution is 2.49. The summed E-state index contributed by atoms with van der Waals surface area (Å²) >= 11 is 5.63. The third-order valence-corrected chi connectivity index (χ3v) is 14.6. The van der Waals surface area contributed by atoms with E-state index in [-0.39, 0.29) is 0 Å². The molecule has 0 aliphatic carbocycles. The zero-order chi connectivity index (χ0) is 37.5. The molecule has 0 saturated carbocycles. The molecule has 0 unspecified atom stereocenters. The van der Waals surface area contributed by atoms with E-state index in [9.17, 15) is 0 Å². The second kappa shape index (κ2) is 13.0. The van der Waals surface area contributed by atoms with Gasteiger partial charge >= 0.3 is 0 Å². The molecular formula is C51H29N3S3. The van der Waals surface area contributed by atoms with E-state index in [1.54, 1.807) is 0 Å². The third kappa shape index (κ3) is 5.26. The van der Waals surface area contributed by atoms with E-state index >= 15 is 0 Å². The van der Waals surface area contributed by atoms with Gasteiger partial charge in [-0.15, -0.1) is 34.0 Å². The maximum absolute atomic E-state index is 5.13. The highest BCUT2D eigenvalue weighted by atomic mass is 32.1.